The van der Waals surface area contributed by atoms with Gasteiger partial charge in [-0.05, 0) is 40.2 Å². The van der Waals surface area contributed by atoms with Crippen LogP contribution < -0.4 is 4.90 Å². The Hall–Kier alpha value is -3.83. The summed E-state index contributed by atoms with van der Waals surface area (Å²) in [5.74, 6) is 1.81. The Labute approximate surface area is 195 Å². The number of halogens is 1. The van der Waals surface area contributed by atoms with E-state index < -0.39 is 0 Å². The molecule has 0 unspecified atom stereocenters. The maximum Gasteiger partial charge on any atom is 0.238 e. The second-order valence-electron chi connectivity index (χ2n) is 7.14. The number of aromatic nitrogens is 3. The Kier molecular flexibility index (Phi) is 5.73. The maximum atomic E-state index is 4.91. The summed E-state index contributed by atoms with van der Waals surface area (Å²) in [7, 11) is 0. The molecule has 5 aromatic rings. The largest absolute Gasteiger partial charge is 0.278 e. The molecule has 5 rings (SSSR count). The second kappa shape index (κ2) is 9.12. The number of anilines is 3. The minimum atomic E-state index is 0.552. The van der Waals surface area contributed by atoms with E-state index in [1.165, 1.54) is 0 Å². The van der Waals surface area contributed by atoms with Gasteiger partial charge in [-0.2, -0.15) is 9.97 Å². The molecule has 0 atom stereocenters. The van der Waals surface area contributed by atoms with Crippen LogP contribution in [0.5, 0.6) is 0 Å². The average molecular weight is 479 g/mol. The van der Waals surface area contributed by atoms with Gasteiger partial charge in [0.15, 0.2) is 11.6 Å². The first-order valence-corrected chi connectivity index (χ1v) is 11.1. The van der Waals surface area contributed by atoms with Crippen LogP contribution in [-0.2, 0) is 0 Å². The molecule has 0 saturated heterocycles. The van der Waals surface area contributed by atoms with Crippen LogP contribution in [0.25, 0.3) is 22.8 Å². The molecule has 0 N–H and O–H groups in total. The Bertz CT molecular complexity index is 1270. The van der Waals surface area contributed by atoms with E-state index in [1.807, 2.05) is 120 Å². The van der Waals surface area contributed by atoms with Gasteiger partial charge in [-0.25, -0.2) is 4.98 Å². The van der Waals surface area contributed by atoms with Crippen LogP contribution in [0.4, 0.5) is 17.3 Å². The third-order valence-electron chi connectivity index (χ3n) is 5.00. The lowest BCUT2D eigenvalue weighted by molar-refractivity contribution is 1.02. The van der Waals surface area contributed by atoms with E-state index in [9.17, 15) is 0 Å². The number of hydrogen-bond acceptors (Lipinski definition) is 4. The normalized spacial score (nSPS) is 10.7. The summed E-state index contributed by atoms with van der Waals surface area (Å²) in [5, 5.41) is 0. The molecule has 1 aromatic heterocycles. The van der Waals surface area contributed by atoms with Gasteiger partial charge in [0, 0.05) is 21.3 Å². The molecule has 0 aliphatic rings. The standard InChI is InChI=1S/C27H19BrN4/c28-23-18-10-11-19-24(23)32(22-16-8-3-9-17-22)27-30-25(20-12-4-1-5-13-20)29-26(31-27)21-14-6-2-7-15-21/h1-19H. The molecule has 0 saturated carbocycles. The minimum Gasteiger partial charge on any atom is -0.278 e. The first kappa shape index (κ1) is 20.1. The van der Waals surface area contributed by atoms with Crippen LogP contribution in [0.2, 0.25) is 0 Å². The van der Waals surface area contributed by atoms with Crippen molar-refractivity contribution in [1.29, 1.82) is 0 Å². The average Bonchev–Trinajstić information content (AvgIpc) is 2.87. The molecule has 154 valence electrons. The summed E-state index contributed by atoms with van der Waals surface area (Å²) in [4.78, 5) is 16.7. The van der Waals surface area contributed by atoms with Crippen LogP contribution >= 0.6 is 15.9 Å². The van der Waals surface area contributed by atoms with E-state index in [-0.39, 0.29) is 0 Å². The van der Waals surface area contributed by atoms with Crippen molar-refractivity contribution in [2.75, 3.05) is 4.90 Å². The molecule has 1 heterocycles. The highest BCUT2D eigenvalue weighted by molar-refractivity contribution is 9.10. The van der Waals surface area contributed by atoms with Gasteiger partial charge in [-0.3, -0.25) is 4.90 Å². The lowest BCUT2D eigenvalue weighted by Crippen LogP contribution is -2.15. The van der Waals surface area contributed by atoms with Gasteiger partial charge in [-0.1, -0.05) is 91.0 Å². The van der Waals surface area contributed by atoms with Gasteiger partial charge in [0.1, 0.15) is 0 Å². The highest BCUT2D eigenvalue weighted by atomic mass is 79.9. The van der Waals surface area contributed by atoms with Crippen molar-refractivity contribution in [3.05, 3.63) is 120 Å². The fourth-order valence-corrected chi connectivity index (χ4v) is 3.93. The second-order valence-corrected chi connectivity index (χ2v) is 7.99. The van der Waals surface area contributed by atoms with Gasteiger partial charge in [0.2, 0.25) is 5.95 Å². The lowest BCUT2D eigenvalue weighted by atomic mass is 10.2. The van der Waals surface area contributed by atoms with E-state index in [0.717, 1.165) is 27.0 Å². The molecule has 4 aromatic carbocycles. The molecule has 0 radical (unpaired) electrons. The van der Waals surface area contributed by atoms with E-state index in [2.05, 4.69) is 15.9 Å². The molecule has 0 bridgehead atoms. The molecule has 0 spiro atoms. The van der Waals surface area contributed by atoms with Gasteiger partial charge < -0.3 is 0 Å². The zero-order valence-corrected chi connectivity index (χ0v) is 18.7. The molecular formula is C27H19BrN4. The van der Waals surface area contributed by atoms with Crippen LogP contribution in [-0.4, -0.2) is 15.0 Å². The highest BCUT2D eigenvalue weighted by Crippen LogP contribution is 2.38. The summed E-state index contributed by atoms with van der Waals surface area (Å²) in [5.41, 5.74) is 3.79. The maximum absolute atomic E-state index is 4.91. The van der Waals surface area contributed by atoms with Crippen molar-refractivity contribution in [2.45, 2.75) is 0 Å². The number of nitrogens with zero attached hydrogens (tertiary/aromatic N) is 4. The van der Waals surface area contributed by atoms with Crippen LogP contribution in [0.3, 0.4) is 0 Å². The molecule has 5 heteroatoms. The Balaban J connectivity index is 1.76. The minimum absolute atomic E-state index is 0.552. The summed E-state index contributed by atoms with van der Waals surface area (Å²) in [6, 6.07) is 38.2. The summed E-state index contributed by atoms with van der Waals surface area (Å²) < 4.78 is 0.951. The topological polar surface area (TPSA) is 41.9 Å². The highest BCUT2D eigenvalue weighted by Gasteiger charge is 2.20. The van der Waals surface area contributed by atoms with Crippen LogP contribution in [0.1, 0.15) is 0 Å². The van der Waals surface area contributed by atoms with Gasteiger partial charge in [0.25, 0.3) is 0 Å². The van der Waals surface area contributed by atoms with Crippen LogP contribution in [0, 0.1) is 0 Å². The zero-order chi connectivity index (χ0) is 21.8. The van der Waals surface area contributed by atoms with Gasteiger partial charge in [0.05, 0.1) is 5.69 Å². The predicted molar refractivity (Wildman–Crippen MR) is 133 cm³/mol. The predicted octanol–water partition coefficient (Wildman–Crippen LogP) is 7.44. The fraction of sp³-hybridized carbons (Fsp3) is 0. The van der Waals surface area contributed by atoms with E-state index in [0.29, 0.717) is 17.6 Å². The van der Waals surface area contributed by atoms with Gasteiger partial charge in [-0.15, -0.1) is 0 Å². The van der Waals surface area contributed by atoms with Crippen molar-refractivity contribution in [3.8, 4) is 22.8 Å². The first-order valence-electron chi connectivity index (χ1n) is 10.3. The number of hydrogen-bond donors (Lipinski definition) is 0. The summed E-state index contributed by atoms with van der Waals surface area (Å²) in [6.07, 6.45) is 0. The van der Waals surface area contributed by atoms with Crippen molar-refractivity contribution in [3.63, 3.8) is 0 Å². The Morgan fingerprint density at radius 3 is 1.50 bits per heavy atom. The molecule has 0 aliphatic heterocycles. The Morgan fingerprint density at radius 2 is 0.969 bits per heavy atom. The number of para-hydroxylation sites is 2. The van der Waals surface area contributed by atoms with Crippen molar-refractivity contribution in [1.82, 2.24) is 15.0 Å². The zero-order valence-electron chi connectivity index (χ0n) is 17.1. The molecule has 4 nitrogen and oxygen atoms in total. The lowest BCUT2D eigenvalue weighted by Gasteiger charge is -2.24. The Morgan fingerprint density at radius 1 is 0.500 bits per heavy atom. The van der Waals surface area contributed by atoms with Crippen molar-refractivity contribution >= 4 is 33.3 Å². The first-order chi connectivity index (χ1) is 15.8. The van der Waals surface area contributed by atoms with Crippen LogP contribution in [0.15, 0.2) is 120 Å². The molecule has 0 fully saturated rings. The van der Waals surface area contributed by atoms with E-state index in [1.54, 1.807) is 0 Å². The fourth-order valence-electron chi connectivity index (χ4n) is 3.47. The SMILES string of the molecule is Brc1ccccc1N(c1ccccc1)c1nc(-c2ccccc2)nc(-c2ccccc2)n1. The number of rotatable bonds is 5. The number of benzene rings is 4. The third-order valence-corrected chi connectivity index (χ3v) is 5.67. The van der Waals surface area contributed by atoms with Gasteiger partial charge >= 0.3 is 0 Å². The summed E-state index contributed by atoms with van der Waals surface area (Å²) >= 11 is 3.71. The van der Waals surface area contributed by atoms with E-state index >= 15 is 0 Å². The quantitative estimate of drug-likeness (QED) is 0.263. The van der Waals surface area contributed by atoms with E-state index in [4.69, 9.17) is 15.0 Å². The monoisotopic (exact) mass is 478 g/mol. The third kappa shape index (κ3) is 4.15. The van der Waals surface area contributed by atoms with Crippen molar-refractivity contribution < 1.29 is 0 Å². The molecule has 0 aliphatic carbocycles. The molecular weight excluding hydrogens is 460 g/mol. The molecule has 32 heavy (non-hydrogen) atoms. The van der Waals surface area contributed by atoms with Crippen molar-refractivity contribution in [2.24, 2.45) is 0 Å². The molecule has 0 amide bonds. The smallest absolute Gasteiger partial charge is 0.238 e. The summed E-state index contributed by atoms with van der Waals surface area (Å²) in [6.45, 7) is 0.